The molecule has 1 fully saturated rings. The molecule has 2 amide bonds. The van der Waals surface area contributed by atoms with Crippen LogP contribution in [-0.4, -0.2) is 67.4 Å². The van der Waals surface area contributed by atoms with E-state index in [0.29, 0.717) is 25.9 Å². The fraction of sp³-hybridized carbons (Fsp3) is 0.423. The van der Waals surface area contributed by atoms with Crippen molar-refractivity contribution in [3.05, 3.63) is 59.7 Å². The molecule has 4 rings (SSSR count). The molecule has 2 N–H and O–H groups in total. The lowest BCUT2D eigenvalue weighted by Crippen LogP contribution is -2.51. The van der Waals surface area contributed by atoms with Gasteiger partial charge in [-0.1, -0.05) is 48.5 Å². The monoisotopic (exact) mass is 466 g/mol. The minimum absolute atomic E-state index is 0.0291. The number of nitrogens with one attached hydrogen (secondary N) is 1. The molecule has 0 spiro atoms. The van der Waals surface area contributed by atoms with E-state index in [-0.39, 0.29) is 25.0 Å². The van der Waals surface area contributed by atoms with Crippen molar-refractivity contribution >= 4 is 18.0 Å². The number of amides is 2. The molecule has 0 bridgehead atoms. The first kappa shape index (κ1) is 23.8. The van der Waals surface area contributed by atoms with E-state index in [4.69, 9.17) is 9.47 Å². The molecule has 1 saturated heterocycles. The Morgan fingerprint density at radius 1 is 1.06 bits per heavy atom. The molecular weight excluding hydrogens is 436 g/mol. The topological polar surface area (TPSA) is 105 Å². The number of alkyl carbamates (subject to hydrolysis) is 1. The van der Waals surface area contributed by atoms with Crippen LogP contribution in [0.1, 0.15) is 36.8 Å². The van der Waals surface area contributed by atoms with Gasteiger partial charge in [0, 0.05) is 26.1 Å². The van der Waals surface area contributed by atoms with E-state index >= 15 is 0 Å². The molecule has 8 nitrogen and oxygen atoms in total. The largest absolute Gasteiger partial charge is 0.481 e. The molecule has 2 aliphatic rings. The molecule has 0 radical (unpaired) electrons. The molecule has 1 aliphatic carbocycles. The van der Waals surface area contributed by atoms with Gasteiger partial charge in [0.25, 0.3) is 5.91 Å². The van der Waals surface area contributed by atoms with Gasteiger partial charge >= 0.3 is 12.1 Å². The average Bonchev–Trinajstić information content (AvgIpc) is 3.17. The number of carbonyl (C=O) groups excluding carboxylic acids is 2. The van der Waals surface area contributed by atoms with Gasteiger partial charge in [-0.25, -0.2) is 4.79 Å². The van der Waals surface area contributed by atoms with Crippen molar-refractivity contribution in [2.75, 3.05) is 33.4 Å². The number of ether oxygens (including phenoxy) is 2. The Morgan fingerprint density at radius 2 is 1.62 bits per heavy atom. The minimum atomic E-state index is -0.866. The standard InChI is InChI=1S/C26H30N2O6/c1-26(24(30)31)11-13-28(14-12-26)23(29)22(33-2)15-27-25(32)34-16-21-19-9-5-3-7-17(19)18-8-4-6-10-20(18)21/h3-10,21-22H,11-16H2,1-2H3,(H,27,32)(H,30,31). The van der Waals surface area contributed by atoms with Crippen LogP contribution in [0.15, 0.2) is 48.5 Å². The summed E-state index contributed by atoms with van der Waals surface area (Å²) in [6.45, 7) is 2.53. The molecule has 1 atom stereocenters. The van der Waals surface area contributed by atoms with Crippen molar-refractivity contribution in [3.63, 3.8) is 0 Å². The Labute approximate surface area is 198 Å². The van der Waals surface area contributed by atoms with Crippen molar-refractivity contribution < 1.29 is 29.0 Å². The van der Waals surface area contributed by atoms with E-state index in [1.807, 2.05) is 24.3 Å². The first-order valence-corrected chi connectivity index (χ1v) is 11.5. The number of carboxylic acids is 1. The number of hydrogen-bond donors (Lipinski definition) is 2. The summed E-state index contributed by atoms with van der Waals surface area (Å²) in [4.78, 5) is 38.3. The minimum Gasteiger partial charge on any atom is -0.481 e. The third kappa shape index (κ3) is 4.63. The van der Waals surface area contributed by atoms with Crippen LogP contribution < -0.4 is 5.32 Å². The molecular formula is C26H30N2O6. The molecule has 1 unspecified atom stereocenters. The summed E-state index contributed by atoms with van der Waals surface area (Å²) in [6, 6.07) is 16.2. The SMILES string of the molecule is COC(CNC(=O)OCC1c2ccccc2-c2ccccc21)C(=O)N1CCC(C)(C(=O)O)CC1. The van der Waals surface area contributed by atoms with E-state index in [1.165, 1.54) is 7.11 Å². The van der Waals surface area contributed by atoms with E-state index < -0.39 is 23.6 Å². The Balaban J connectivity index is 1.30. The Bertz CT molecular complexity index is 1030. The van der Waals surface area contributed by atoms with Gasteiger partial charge in [-0.15, -0.1) is 0 Å². The van der Waals surface area contributed by atoms with Crippen molar-refractivity contribution in [2.24, 2.45) is 5.41 Å². The third-order valence-electron chi connectivity index (χ3n) is 7.03. The zero-order valence-corrected chi connectivity index (χ0v) is 19.5. The molecule has 2 aromatic carbocycles. The van der Waals surface area contributed by atoms with E-state index in [1.54, 1.807) is 11.8 Å². The maximum Gasteiger partial charge on any atom is 0.407 e. The van der Waals surface area contributed by atoms with Crippen LogP contribution in [0.4, 0.5) is 4.79 Å². The van der Waals surface area contributed by atoms with Gasteiger partial charge in [0.1, 0.15) is 6.61 Å². The summed E-state index contributed by atoms with van der Waals surface area (Å²) < 4.78 is 10.8. The van der Waals surface area contributed by atoms with E-state index in [9.17, 15) is 19.5 Å². The number of nitrogens with zero attached hydrogens (tertiary/aromatic N) is 1. The number of aliphatic carboxylic acids is 1. The van der Waals surface area contributed by atoms with Crippen LogP contribution in [-0.2, 0) is 19.1 Å². The maximum atomic E-state index is 12.8. The van der Waals surface area contributed by atoms with E-state index in [0.717, 1.165) is 22.3 Å². The number of rotatable bonds is 7. The summed E-state index contributed by atoms with van der Waals surface area (Å²) in [5, 5.41) is 12.0. The second-order valence-electron chi connectivity index (χ2n) is 9.12. The van der Waals surface area contributed by atoms with Gasteiger partial charge < -0.3 is 24.8 Å². The molecule has 8 heteroatoms. The van der Waals surface area contributed by atoms with Gasteiger partial charge in [-0.05, 0) is 42.0 Å². The summed E-state index contributed by atoms with van der Waals surface area (Å²) in [5.74, 6) is -1.16. The van der Waals surface area contributed by atoms with Crippen LogP contribution in [0.3, 0.4) is 0 Å². The second-order valence-corrected chi connectivity index (χ2v) is 9.12. The molecule has 2 aromatic rings. The molecule has 34 heavy (non-hydrogen) atoms. The third-order valence-corrected chi connectivity index (χ3v) is 7.03. The highest BCUT2D eigenvalue weighted by molar-refractivity contribution is 5.83. The van der Waals surface area contributed by atoms with Gasteiger partial charge in [0.05, 0.1) is 12.0 Å². The normalized spacial score (nSPS) is 17.4. The zero-order chi connectivity index (χ0) is 24.3. The lowest BCUT2D eigenvalue weighted by atomic mass is 9.80. The molecule has 1 aliphatic heterocycles. The van der Waals surface area contributed by atoms with Crippen molar-refractivity contribution in [1.82, 2.24) is 10.2 Å². The fourth-order valence-corrected chi connectivity index (χ4v) is 4.74. The summed E-state index contributed by atoms with van der Waals surface area (Å²) >= 11 is 0. The first-order chi connectivity index (χ1) is 16.3. The van der Waals surface area contributed by atoms with Crippen molar-refractivity contribution in [3.8, 4) is 11.1 Å². The zero-order valence-electron chi connectivity index (χ0n) is 19.5. The number of benzene rings is 2. The van der Waals surface area contributed by atoms with Gasteiger partial charge in [-0.3, -0.25) is 9.59 Å². The van der Waals surface area contributed by atoms with Crippen LogP contribution in [0.25, 0.3) is 11.1 Å². The highest BCUT2D eigenvalue weighted by atomic mass is 16.5. The number of fused-ring (bicyclic) bond motifs is 3. The highest BCUT2D eigenvalue weighted by Crippen LogP contribution is 2.44. The second kappa shape index (κ2) is 9.85. The Kier molecular flexibility index (Phi) is 6.88. The molecule has 1 heterocycles. The van der Waals surface area contributed by atoms with Crippen LogP contribution >= 0.6 is 0 Å². The van der Waals surface area contributed by atoms with Gasteiger partial charge in [-0.2, -0.15) is 0 Å². The Morgan fingerprint density at radius 3 is 2.15 bits per heavy atom. The van der Waals surface area contributed by atoms with E-state index in [2.05, 4.69) is 29.6 Å². The summed E-state index contributed by atoms with van der Waals surface area (Å²) in [5.41, 5.74) is 3.73. The van der Waals surface area contributed by atoms with Crippen LogP contribution in [0.2, 0.25) is 0 Å². The summed E-state index contributed by atoms with van der Waals surface area (Å²) in [6.07, 6.45) is -0.724. The Hall–Kier alpha value is -3.39. The molecule has 0 saturated carbocycles. The number of likely N-dealkylation sites (tertiary alicyclic amines) is 1. The number of carboxylic acid groups (broad SMARTS) is 1. The lowest BCUT2D eigenvalue weighted by Gasteiger charge is -2.37. The fourth-order valence-electron chi connectivity index (χ4n) is 4.74. The van der Waals surface area contributed by atoms with Gasteiger partial charge in [0.2, 0.25) is 0 Å². The maximum absolute atomic E-state index is 12.8. The van der Waals surface area contributed by atoms with Crippen LogP contribution in [0.5, 0.6) is 0 Å². The van der Waals surface area contributed by atoms with Crippen molar-refractivity contribution in [2.45, 2.75) is 31.8 Å². The van der Waals surface area contributed by atoms with Crippen LogP contribution in [0, 0.1) is 5.41 Å². The molecule has 0 aromatic heterocycles. The number of hydrogen-bond acceptors (Lipinski definition) is 5. The lowest BCUT2D eigenvalue weighted by molar-refractivity contribution is -0.155. The predicted molar refractivity (Wildman–Crippen MR) is 125 cm³/mol. The first-order valence-electron chi connectivity index (χ1n) is 11.5. The highest BCUT2D eigenvalue weighted by Gasteiger charge is 2.39. The number of methoxy groups -OCH3 is 1. The number of carbonyl (C=O) groups is 3. The average molecular weight is 467 g/mol. The number of piperidine rings is 1. The smallest absolute Gasteiger partial charge is 0.407 e. The van der Waals surface area contributed by atoms with Crippen molar-refractivity contribution in [1.29, 1.82) is 0 Å². The summed E-state index contributed by atoms with van der Waals surface area (Å²) in [7, 11) is 1.41. The quantitative estimate of drug-likeness (QED) is 0.649. The predicted octanol–water partition coefficient (Wildman–Crippen LogP) is 3.25. The molecule has 180 valence electrons. The van der Waals surface area contributed by atoms with Gasteiger partial charge in [0.15, 0.2) is 6.10 Å².